The van der Waals surface area contributed by atoms with Gasteiger partial charge in [0.15, 0.2) is 6.61 Å². The summed E-state index contributed by atoms with van der Waals surface area (Å²) in [5, 5.41) is 3.47. The van der Waals surface area contributed by atoms with Crippen molar-refractivity contribution in [3.63, 3.8) is 0 Å². The number of hydrogen-bond donors (Lipinski definition) is 1. The number of anilines is 2. The van der Waals surface area contributed by atoms with E-state index in [0.29, 0.717) is 42.6 Å². The maximum Gasteiger partial charge on any atom is 0.262 e. The molecule has 7 heteroatoms. The third-order valence-corrected chi connectivity index (χ3v) is 6.47. The standard InChI is InChI=1S/C29H30ClN3O3/c1-21-8-11-25(18-22(21)2)36-20-28(34)31-26-19-24(30)10-12-27(26)32-14-16-33(17-15-32)29(35)13-9-23-6-4-3-5-7-23/h3-13,18-19H,14-17,20H2,1-2H3,(H,31,34)/b13-9+. The number of carbonyl (C=O) groups excluding carboxylic acids is 2. The Hall–Kier alpha value is -3.77. The minimum absolute atomic E-state index is 0.00775. The second kappa shape index (κ2) is 11.8. The lowest BCUT2D eigenvalue weighted by molar-refractivity contribution is -0.126. The number of ether oxygens (including phenoxy) is 1. The van der Waals surface area contributed by atoms with E-state index in [1.807, 2.05) is 79.4 Å². The molecular formula is C29H30ClN3O3. The number of carbonyl (C=O) groups is 2. The summed E-state index contributed by atoms with van der Waals surface area (Å²) in [5.74, 6) is 0.380. The lowest BCUT2D eigenvalue weighted by atomic mass is 10.1. The first kappa shape index (κ1) is 25.3. The smallest absolute Gasteiger partial charge is 0.262 e. The van der Waals surface area contributed by atoms with Gasteiger partial charge in [-0.15, -0.1) is 0 Å². The van der Waals surface area contributed by atoms with Crippen molar-refractivity contribution in [3.8, 4) is 5.75 Å². The van der Waals surface area contributed by atoms with Crippen LogP contribution in [0, 0.1) is 13.8 Å². The number of hydrogen-bond acceptors (Lipinski definition) is 4. The van der Waals surface area contributed by atoms with Crippen molar-refractivity contribution in [2.75, 3.05) is 43.0 Å². The average Bonchev–Trinajstić information content (AvgIpc) is 2.89. The van der Waals surface area contributed by atoms with Crippen LogP contribution >= 0.6 is 11.6 Å². The normalized spacial score (nSPS) is 13.6. The van der Waals surface area contributed by atoms with E-state index in [1.54, 1.807) is 18.2 Å². The number of piperazine rings is 1. The lowest BCUT2D eigenvalue weighted by Crippen LogP contribution is -2.48. The Morgan fingerprint density at radius 3 is 2.42 bits per heavy atom. The zero-order valence-electron chi connectivity index (χ0n) is 20.5. The summed E-state index contributed by atoms with van der Waals surface area (Å²) in [6.45, 7) is 6.40. The molecule has 2 amide bonds. The van der Waals surface area contributed by atoms with Crippen molar-refractivity contribution in [3.05, 3.63) is 94.5 Å². The summed E-state index contributed by atoms with van der Waals surface area (Å²) in [4.78, 5) is 29.3. The van der Waals surface area contributed by atoms with Gasteiger partial charge in [0.1, 0.15) is 5.75 Å². The summed E-state index contributed by atoms with van der Waals surface area (Å²) < 4.78 is 5.68. The zero-order chi connectivity index (χ0) is 25.5. The predicted molar refractivity (Wildman–Crippen MR) is 146 cm³/mol. The van der Waals surface area contributed by atoms with Crippen LogP contribution in [0.4, 0.5) is 11.4 Å². The second-order valence-corrected chi connectivity index (χ2v) is 9.24. The summed E-state index contributed by atoms with van der Waals surface area (Å²) in [7, 11) is 0. The van der Waals surface area contributed by atoms with Gasteiger partial charge in [0.05, 0.1) is 11.4 Å². The third-order valence-electron chi connectivity index (χ3n) is 6.23. The van der Waals surface area contributed by atoms with Crippen molar-refractivity contribution < 1.29 is 14.3 Å². The molecule has 1 aliphatic heterocycles. The molecule has 1 saturated heterocycles. The van der Waals surface area contributed by atoms with Crippen LogP contribution in [-0.2, 0) is 9.59 Å². The highest BCUT2D eigenvalue weighted by Gasteiger charge is 2.22. The number of nitrogens with one attached hydrogen (secondary N) is 1. The maximum atomic E-state index is 12.7. The van der Waals surface area contributed by atoms with Crippen molar-refractivity contribution in [2.24, 2.45) is 0 Å². The van der Waals surface area contributed by atoms with E-state index < -0.39 is 0 Å². The Bertz CT molecular complexity index is 1250. The maximum absolute atomic E-state index is 12.7. The first-order valence-corrected chi connectivity index (χ1v) is 12.3. The third kappa shape index (κ3) is 6.67. The Kier molecular flexibility index (Phi) is 8.28. The van der Waals surface area contributed by atoms with E-state index in [4.69, 9.17) is 16.3 Å². The summed E-state index contributed by atoms with van der Waals surface area (Å²) in [6, 6.07) is 21.0. The molecule has 0 bridgehead atoms. The van der Waals surface area contributed by atoms with Gasteiger partial charge in [-0.1, -0.05) is 48.0 Å². The van der Waals surface area contributed by atoms with Crippen LogP contribution in [0.5, 0.6) is 5.75 Å². The van der Waals surface area contributed by atoms with Crippen LogP contribution in [-0.4, -0.2) is 49.5 Å². The quantitative estimate of drug-likeness (QED) is 0.442. The molecule has 0 aromatic heterocycles. The Morgan fingerprint density at radius 1 is 0.944 bits per heavy atom. The SMILES string of the molecule is Cc1ccc(OCC(=O)Nc2cc(Cl)ccc2N2CCN(C(=O)/C=C/c3ccccc3)CC2)cc1C. The molecule has 0 unspecified atom stereocenters. The molecule has 1 heterocycles. The largest absolute Gasteiger partial charge is 0.484 e. The molecule has 0 aliphatic carbocycles. The van der Waals surface area contributed by atoms with Crippen LogP contribution < -0.4 is 15.0 Å². The number of benzene rings is 3. The summed E-state index contributed by atoms with van der Waals surface area (Å²) >= 11 is 6.23. The predicted octanol–water partition coefficient (Wildman–Crippen LogP) is 5.34. The molecule has 0 atom stereocenters. The highest BCUT2D eigenvalue weighted by molar-refractivity contribution is 6.31. The average molecular weight is 504 g/mol. The van der Waals surface area contributed by atoms with Crippen molar-refractivity contribution >= 4 is 40.9 Å². The van der Waals surface area contributed by atoms with Gasteiger partial charge in [-0.05, 0) is 66.9 Å². The van der Waals surface area contributed by atoms with Crippen molar-refractivity contribution in [1.82, 2.24) is 4.90 Å². The van der Waals surface area contributed by atoms with Gasteiger partial charge >= 0.3 is 0 Å². The van der Waals surface area contributed by atoms with Gasteiger partial charge in [0.25, 0.3) is 5.91 Å². The Morgan fingerprint density at radius 2 is 1.69 bits per heavy atom. The fourth-order valence-electron chi connectivity index (χ4n) is 4.03. The highest BCUT2D eigenvalue weighted by Crippen LogP contribution is 2.30. The van der Waals surface area contributed by atoms with E-state index in [1.165, 1.54) is 5.56 Å². The van der Waals surface area contributed by atoms with Gasteiger partial charge in [-0.25, -0.2) is 0 Å². The Balaban J connectivity index is 1.35. The summed E-state index contributed by atoms with van der Waals surface area (Å²) in [5.41, 5.74) is 4.76. The van der Waals surface area contributed by atoms with E-state index in [0.717, 1.165) is 16.8 Å². The van der Waals surface area contributed by atoms with Gasteiger partial charge in [0.2, 0.25) is 5.91 Å². The monoisotopic (exact) mass is 503 g/mol. The minimum atomic E-state index is -0.267. The van der Waals surface area contributed by atoms with E-state index in [9.17, 15) is 9.59 Å². The topological polar surface area (TPSA) is 61.9 Å². The number of halogens is 1. The van der Waals surface area contributed by atoms with E-state index in [2.05, 4.69) is 10.2 Å². The molecule has 6 nitrogen and oxygen atoms in total. The van der Waals surface area contributed by atoms with Crippen LogP contribution in [0.3, 0.4) is 0 Å². The molecule has 3 aromatic carbocycles. The molecular weight excluding hydrogens is 474 g/mol. The fourth-order valence-corrected chi connectivity index (χ4v) is 4.20. The molecule has 1 aliphatic rings. The molecule has 0 saturated carbocycles. The van der Waals surface area contributed by atoms with Crippen molar-refractivity contribution in [1.29, 1.82) is 0 Å². The number of aryl methyl sites for hydroxylation is 2. The molecule has 0 spiro atoms. The molecule has 1 fully saturated rings. The molecule has 186 valence electrons. The van der Waals surface area contributed by atoms with Crippen LogP contribution in [0.2, 0.25) is 5.02 Å². The number of nitrogens with zero attached hydrogens (tertiary/aromatic N) is 2. The highest BCUT2D eigenvalue weighted by atomic mass is 35.5. The molecule has 3 aromatic rings. The molecule has 36 heavy (non-hydrogen) atoms. The minimum Gasteiger partial charge on any atom is -0.484 e. The molecule has 4 rings (SSSR count). The van der Waals surface area contributed by atoms with Crippen molar-refractivity contribution in [2.45, 2.75) is 13.8 Å². The Labute approximate surface area is 217 Å². The first-order chi connectivity index (χ1) is 17.4. The second-order valence-electron chi connectivity index (χ2n) is 8.80. The van der Waals surface area contributed by atoms with Gasteiger partial charge in [-0.3, -0.25) is 9.59 Å². The van der Waals surface area contributed by atoms with Crippen LogP contribution in [0.15, 0.2) is 72.8 Å². The van der Waals surface area contributed by atoms with Crippen LogP contribution in [0.1, 0.15) is 16.7 Å². The summed E-state index contributed by atoms with van der Waals surface area (Å²) in [6.07, 6.45) is 3.45. The van der Waals surface area contributed by atoms with E-state index >= 15 is 0 Å². The number of amides is 2. The fraction of sp³-hybridized carbons (Fsp3) is 0.241. The van der Waals surface area contributed by atoms with Gasteiger partial charge < -0.3 is 19.9 Å². The molecule has 1 N–H and O–H groups in total. The van der Waals surface area contributed by atoms with E-state index in [-0.39, 0.29) is 18.4 Å². The van der Waals surface area contributed by atoms with Crippen LogP contribution in [0.25, 0.3) is 6.08 Å². The first-order valence-electron chi connectivity index (χ1n) is 12.0. The number of rotatable bonds is 7. The van der Waals surface area contributed by atoms with Gasteiger partial charge in [0, 0.05) is 37.3 Å². The zero-order valence-corrected chi connectivity index (χ0v) is 21.3. The lowest BCUT2D eigenvalue weighted by Gasteiger charge is -2.36. The van der Waals surface area contributed by atoms with Gasteiger partial charge in [-0.2, -0.15) is 0 Å². The molecule has 0 radical (unpaired) electrons.